The van der Waals surface area contributed by atoms with Crippen molar-refractivity contribution in [3.05, 3.63) is 42.0 Å². The number of ether oxygens (including phenoxy) is 2. The molecular weight excluding hydrogens is 250 g/mol. The summed E-state index contributed by atoms with van der Waals surface area (Å²) in [5.74, 6) is 0.918. The van der Waals surface area contributed by atoms with Gasteiger partial charge in [-0.3, -0.25) is 0 Å². The summed E-state index contributed by atoms with van der Waals surface area (Å²) in [6, 6.07) is 12.8. The molecule has 2 aromatic rings. The van der Waals surface area contributed by atoms with Crippen LogP contribution in [0, 0.1) is 0 Å². The van der Waals surface area contributed by atoms with E-state index in [1.165, 1.54) is 10.9 Å². The molecule has 1 unspecified atom stereocenters. The minimum absolute atomic E-state index is 0.256. The van der Waals surface area contributed by atoms with Gasteiger partial charge in [-0.25, -0.2) is 0 Å². The van der Waals surface area contributed by atoms with Crippen LogP contribution in [0.15, 0.2) is 36.4 Å². The molecule has 0 amide bonds. The van der Waals surface area contributed by atoms with Crippen LogP contribution in [-0.2, 0) is 4.74 Å². The van der Waals surface area contributed by atoms with Gasteiger partial charge in [0.25, 0.3) is 0 Å². The van der Waals surface area contributed by atoms with Crippen LogP contribution in [0.25, 0.3) is 10.8 Å². The third-order valence-corrected chi connectivity index (χ3v) is 3.40. The normalized spacial score (nSPS) is 12.6. The number of rotatable bonds is 7. The summed E-state index contributed by atoms with van der Waals surface area (Å²) >= 11 is 0. The van der Waals surface area contributed by atoms with E-state index in [1.807, 2.05) is 12.1 Å². The molecule has 20 heavy (non-hydrogen) atoms. The molecule has 3 nitrogen and oxygen atoms in total. The van der Waals surface area contributed by atoms with E-state index in [9.17, 15) is 0 Å². The van der Waals surface area contributed by atoms with Crippen LogP contribution in [0.1, 0.15) is 31.9 Å². The Morgan fingerprint density at radius 3 is 2.70 bits per heavy atom. The van der Waals surface area contributed by atoms with E-state index in [0.717, 1.165) is 24.1 Å². The zero-order chi connectivity index (χ0) is 14.4. The van der Waals surface area contributed by atoms with Gasteiger partial charge in [0, 0.05) is 24.1 Å². The van der Waals surface area contributed by atoms with E-state index in [-0.39, 0.29) is 12.8 Å². The molecule has 0 spiro atoms. The Morgan fingerprint density at radius 2 is 1.95 bits per heavy atom. The van der Waals surface area contributed by atoms with E-state index in [2.05, 4.69) is 43.4 Å². The highest BCUT2D eigenvalue weighted by Gasteiger charge is 2.14. The molecule has 108 valence electrons. The Morgan fingerprint density at radius 1 is 1.15 bits per heavy atom. The third-order valence-electron chi connectivity index (χ3n) is 3.40. The van der Waals surface area contributed by atoms with Crippen molar-refractivity contribution in [3.63, 3.8) is 0 Å². The molecule has 2 rings (SSSR count). The SMILES string of the molecule is CCCNC(C)c1ccc2ccccc2c1OCOC. The van der Waals surface area contributed by atoms with Crippen LogP contribution in [0.3, 0.4) is 0 Å². The number of hydrogen-bond donors (Lipinski definition) is 1. The van der Waals surface area contributed by atoms with E-state index >= 15 is 0 Å². The van der Waals surface area contributed by atoms with Gasteiger partial charge in [-0.05, 0) is 25.3 Å². The van der Waals surface area contributed by atoms with Crippen molar-refractivity contribution in [2.24, 2.45) is 0 Å². The average molecular weight is 273 g/mol. The number of fused-ring (bicyclic) bond motifs is 1. The highest BCUT2D eigenvalue weighted by molar-refractivity contribution is 5.89. The van der Waals surface area contributed by atoms with E-state index in [1.54, 1.807) is 7.11 Å². The van der Waals surface area contributed by atoms with Gasteiger partial charge in [-0.2, -0.15) is 0 Å². The summed E-state index contributed by atoms with van der Waals surface area (Å²) < 4.78 is 10.9. The quantitative estimate of drug-likeness (QED) is 0.776. The predicted octanol–water partition coefficient (Wildman–Crippen LogP) is 3.88. The highest BCUT2D eigenvalue weighted by Crippen LogP contribution is 2.33. The Hall–Kier alpha value is -1.58. The lowest BCUT2D eigenvalue weighted by molar-refractivity contribution is 0.0512. The molecule has 3 heteroatoms. The largest absolute Gasteiger partial charge is 0.467 e. The minimum Gasteiger partial charge on any atom is -0.467 e. The van der Waals surface area contributed by atoms with E-state index < -0.39 is 0 Å². The van der Waals surface area contributed by atoms with Gasteiger partial charge in [0.2, 0.25) is 0 Å². The lowest BCUT2D eigenvalue weighted by Gasteiger charge is -2.19. The maximum atomic E-state index is 5.84. The molecule has 0 aliphatic carbocycles. The van der Waals surface area contributed by atoms with Crippen molar-refractivity contribution in [3.8, 4) is 5.75 Å². The molecule has 0 bridgehead atoms. The maximum Gasteiger partial charge on any atom is 0.188 e. The number of methoxy groups -OCH3 is 1. The molecule has 0 aromatic heterocycles. The van der Waals surface area contributed by atoms with Crippen LogP contribution in [-0.4, -0.2) is 20.4 Å². The molecule has 0 aliphatic heterocycles. The summed E-state index contributed by atoms with van der Waals surface area (Å²) in [4.78, 5) is 0. The zero-order valence-electron chi connectivity index (χ0n) is 12.5. The summed E-state index contributed by atoms with van der Waals surface area (Å²) in [6.45, 7) is 5.60. The maximum absolute atomic E-state index is 5.84. The van der Waals surface area contributed by atoms with E-state index in [0.29, 0.717) is 0 Å². The van der Waals surface area contributed by atoms with Crippen LogP contribution < -0.4 is 10.1 Å². The fourth-order valence-electron chi connectivity index (χ4n) is 2.35. The van der Waals surface area contributed by atoms with Crippen molar-refractivity contribution < 1.29 is 9.47 Å². The molecule has 0 radical (unpaired) electrons. The van der Waals surface area contributed by atoms with Crippen LogP contribution in [0.2, 0.25) is 0 Å². The first-order valence-electron chi connectivity index (χ1n) is 7.14. The molecule has 2 aromatic carbocycles. The van der Waals surface area contributed by atoms with Gasteiger partial charge >= 0.3 is 0 Å². The number of hydrogen-bond acceptors (Lipinski definition) is 3. The first-order valence-corrected chi connectivity index (χ1v) is 7.14. The molecular formula is C17H23NO2. The Bertz CT molecular complexity index is 554. The zero-order valence-corrected chi connectivity index (χ0v) is 12.5. The van der Waals surface area contributed by atoms with Crippen molar-refractivity contribution in [1.29, 1.82) is 0 Å². The van der Waals surface area contributed by atoms with Gasteiger partial charge < -0.3 is 14.8 Å². The first-order chi connectivity index (χ1) is 9.77. The Balaban J connectivity index is 2.41. The molecule has 1 atom stereocenters. The van der Waals surface area contributed by atoms with Crippen LogP contribution >= 0.6 is 0 Å². The number of nitrogens with one attached hydrogen (secondary N) is 1. The minimum atomic E-state index is 0.256. The Labute approximate surface area is 120 Å². The third kappa shape index (κ3) is 3.30. The summed E-state index contributed by atoms with van der Waals surface area (Å²) in [5.41, 5.74) is 1.18. The number of benzene rings is 2. The van der Waals surface area contributed by atoms with Crippen LogP contribution in [0.5, 0.6) is 5.75 Å². The smallest absolute Gasteiger partial charge is 0.188 e. The first kappa shape index (κ1) is 14.8. The second-order valence-corrected chi connectivity index (χ2v) is 4.93. The van der Waals surface area contributed by atoms with Crippen LogP contribution in [0.4, 0.5) is 0 Å². The van der Waals surface area contributed by atoms with Gasteiger partial charge in [-0.1, -0.05) is 43.3 Å². The summed E-state index contributed by atoms with van der Waals surface area (Å²) in [7, 11) is 1.64. The molecule has 0 fully saturated rings. The van der Waals surface area contributed by atoms with Crippen molar-refractivity contribution >= 4 is 10.8 Å². The molecule has 0 saturated carbocycles. The fraction of sp³-hybridized carbons (Fsp3) is 0.412. The Kier molecular flexibility index (Phi) is 5.39. The lowest BCUT2D eigenvalue weighted by atomic mass is 10.0. The van der Waals surface area contributed by atoms with Crippen molar-refractivity contribution in [2.75, 3.05) is 20.4 Å². The second-order valence-electron chi connectivity index (χ2n) is 4.93. The molecule has 0 saturated heterocycles. The van der Waals surface area contributed by atoms with Gasteiger partial charge in [-0.15, -0.1) is 0 Å². The monoisotopic (exact) mass is 273 g/mol. The summed E-state index contributed by atoms with van der Waals surface area (Å²) in [5, 5.41) is 5.83. The topological polar surface area (TPSA) is 30.5 Å². The highest BCUT2D eigenvalue weighted by atomic mass is 16.7. The lowest BCUT2D eigenvalue weighted by Crippen LogP contribution is -2.20. The van der Waals surface area contributed by atoms with E-state index in [4.69, 9.17) is 9.47 Å². The van der Waals surface area contributed by atoms with Gasteiger partial charge in [0.05, 0.1) is 0 Å². The summed E-state index contributed by atoms with van der Waals surface area (Å²) in [6.07, 6.45) is 1.12. The fourth-order valence-corrected chi connectivity index (χ4v) is 2.35. The van der Waals surface area contributed by atoms with Gasteiger partial charge in [0.15, 0.2) is 6.79 Å². The van der Waals surface area contributed by atoms with Crippen molar-refractivity contribution in [2.45, 2.75) is 26.3 Å². The average Bonchev–Trinajstić information content (AvgIpc) is 2.50. The van der Waals surface area contributed by atoms with Gasteiger partial charge in [0.1, 0.15) is 5.75 Å². The van der Waals surface area contributed by atoms with Crippen molar-refractivity contribution in [1.82, 2.24) is 5.32 Å². The molecule has 0 aliphatic rings. The molecule has 0 heterocycles. The predicted molar refractivity (Wildman–Crippen MR) is 83.2 cm³/mol. The standard InChI is InChI=1S/C17H23NO2/c1-4-11-18-13(2)15-10-9-14-7-5-6-8-16(14)17(15)20-12-19-3/h5-10,13,18H,4,11-12H2,1-3H3. The second kappa shape index (κ2) is 7.27. The molecule has 1 N–H and O–H groups in total.